The Morgan fingerprint density at radius 1 is 1.05 bits per heavy atom. The first-order chi connectivity index (χ1) is 19.4. The van der Waals surface area contributed by atoms with E-state index in [1.165, 1.54) is 18.6 Å². The van der Waals surface area contributed by atoms with Crippen LogP contribution < -0.4 is 0 Å². The molecule has 2 aromatic carbocycles. The van der Waals surface area contributed by atoms with Gasteiger partial charge in [-0.3, -0.25) is 9.59 Å². The number of rotatable bonds is 13. The monoisotopic (exact) mass is 611 g/mol. The van der Waals surface area contributed by atoms with Gasteiger partial charge >= 0.3 is 0 Å². The molecule has 40 heavy (non-hydrogen) atoms. The molecule has 0 unspecified atom stereocenters. The highest BCUT2D eigenvalue weighted by atomic mass is 79.9. The number of amides is 2. The third-order valence-electron chi connectivity index (χ3n) is 7.46. The van der Waals surface area contributed by atoms with Crippen LogP contribution in [0.25, 0.3) is 0 Å². The summed E-state index contributed by atoms with van der Waals surface area (Å²) in [5.41, 5.74) is 2.56. The normalized spacial score (nSPS) is 13.8. The lowest BCUT2D eigenvalue weighted by molar-refractivity contribution is -0.135. The number of halogens is 2. The molecule has 3 aromatic rings. The van der Waals surface area contributed by atoms with Crippen LogP contribution in [0.15, 0.2) is 71.3 Å². The number of aromatic nitrogens is 1. The Bertz CT molecular complexity index is 1240. The van der Waals surface area contributed by atoms with Crippen LogP contribution in [0, 0.1) is 5.82 Å². The van der Waals surface area contributed by atoms with Gasteiger partial charge in [0.25, 0.3) is 5.91 Å². The van der Waals surface area contributed by atoms with E-state index in [1.54, 1.807) is 29.2 Å². The molecule has 1 saturated carbocycles. The number of ether oxygens (including phenoxy) is 1. The van der Waals surface area contributed by atoms with E-state index in [4.69, 9.17) is 4.74 Å². The summed E-state index contributed by atoms with van der Waals surface area (Å²) >= 11 is 3.46. The number of nitrogens with zero attached hydrogens (tertiary/aromatic N) is 3. The average molecular weight is 613 g/mol. The summed E-state index contributed by atoms with van der Waals surface area (Å²) in [6, 6.07) is 18.0. The molecular weight excluding hydrogens is 573 g/mol. The van der Waals surface area contributed by atoms with Gasteiger partial charge in [-0.2, -0.15) is 0 Å². The largest absolute Gasteiger partial charge is 0.382 e. The van der Waals surface area contributed by atoms with Crippen molar-refractivity contribution in [2.24, 2.45) is 0 Å². The molecule has 0 N–H and O–H groups in total. The zero-order valence-electron chi connectivity index (χ0n) is 23.2. The van der Waals surface area contributed by atoms with Gasteiger partial charge in [0.15, 0.2) is 0 Å². The number of hydrogen-bond acceptors (Lipinski definition) is 3. The Hall–Kier alpha value is -2.97. The first-order valence-electron chi connectivity index (χ1n) is 14.2. The van der Waals surface area contributed by atoms with Gasteiger partial charge in [-0.1, -0.05) is 53.4 Å². The lowest BCUT2D eigenvalue weighted by Gasteiger charge is -2.36. The van der Waals surface area contributed by atoms with Crippen LogP contribution in [0.1, 0.15) is 67.1 Å². The summed E-state index contributed by atoms with van der Waals surface area (Å²) < 4.78 is 21.9. The van der Waals surface area contributed by atoms with Crippen LogP contribution in [0.4, 0.5) is 4.39 Å². The van der Waals surface area contributed by atoms with Gasteiger partial charge in [-0.25, -0.2) is 4.39 Å². The quantitative estimate of drug-likeness (QED) is 0.203. The van der Waals surface area contributed by atoms with Gasteiger partial charge in [0, 0.05) is 54.3 Å². The van der Waals surface area contributed by atoms with Crippen molar-refractivity contribution in [2.45, 2.75) is 64.6 Å². The highest BCUT2D eigenvalue weighted by Gasteiger charge is 2.29. The molecule has 0 atom stereocenters. The van der Waals surface area contributed by atoms with Gasteiger partial charge in [-0.15, -0.1) is 0 Å². The van der Waals surface area contributed by atoms with Gasteiger partial charge in [0.05, 0.1) is 6.54 Å². The third kappa shape index (κ3) is 8.51. The van der Waals surface area contributed by atoms with Crippen molar-refractivity contribution in [2.75, 3.05) is 26.3 Å². The zero-order chi connectivity index (χ0) is 28.3. The maximum atomic E-state index is 14.0. The SMILES string of the molecule is CCOCCCN(CC(=O)N(Cc1cccn1Cc1ccc(F)cc1)C1CCCCC1)C(=O)c1cccc(Br)c1. The van der Waals surface area contributed by atoms with Gasteiger partial charge in [0.2, 0.25) is 5.91 Å². The Balaban J connectivity index is 1.54. The molecule has 0 bridgehead atoms. The Morgan fingerprint density at radius 2 is 1.82 bits per heavy atom. The minimum atomic E-state index is -0.256. The lowest BCUT2D eigenvalue weighted by Crippen LogP contribution is -2.48. The van der Waals surface area contributed by atoms with Crippen LogP contribution in [0.3, 0.4) is 0 Å². The molecule has 0 aliphatic heterocycles. The lowest BCUT2D eigenvalue weighted by atomic mass is 9.94. The Morgan fingerprint density at radius 3 is 2.55 bits per heavy atom. The van der Waals surface area contributed by atoms with Crippen LogP contribution in [0.2, 0.25) is 0 Å². The van der Waals surface area contributed by atoms with E-state index in [-0.39, 0.29) is 30.2 Å². The molecule has 0 radical (unpaired) electrons. The number of benzene rings is 2. The molecule has 214 valence electrons. The predicted molar refractivity (Wildman–Crippen MR) is 159 cm³/mol. The highest BCUT2D eigenvalue weighted by molar-refractivity contribution is 9.10. The fourth-order valence-electron chi connectivity index (χ4n) is 5.33. The topological polar surface area (TPSA) is 54.8 Å². The average Bonchev–Trinajstić information content (AvgIpc) is 3.41. The summed E-state index contributed by atoms with van der Waals surface area (Å²) in [6.45, 7) is 4.63. The van der Waals surface area contributed by atoms with Gasteiger partial charge in [-0.05, 0) is 74.2 Å². The fraction of sp³-hybridized carbons (Fsp3) is 0.438. The summed E-state index contributed by atoms with van der Waals surface area (Å²) in [6.07, 6.45) is 7.97. The van der Waals surface area contributed by atoms with Crippen molar-refractivity contribution >= 4 is 27.7 Å². The summed E-state index contributed by atoms with van der Waals surface area (Å²) in [4.78, 5) is 31.2. The predicted octanol–water partition coefficient (Wildman–Crippen LogP) is 6.67. The standard InChI is InChI=1S/C32H39BrFN3O3/c1-2-40-20-8-19-36(32(39)26-9-6-10-27(33)21-26)24-31(38)37(29-11-4-3-5-12-29)23-30-13-7-18-35(30)22-25-14-16-28(34)17-15-25/h6-7,9-10,13-18,21,29H,2-5,8,11-12,19-20,22-24H2,1H3. The summed E-state index contributed by atoms with van der Waals surface area (Å²) in [5, 5.41) is 0. The van der Waals surface area contributed by atoms with Crippen molar-refractivity contribution in [1.82, 2.24) is 14.4 Å². The maximum absolute atomic E-state index is 14.0. The van der Waals surface area contributed by atoms with E-state index >= 15 is 0 Å². The maximum Gasteiger partial charge on any atom is 0.254 e. The van der Waals surface area contributed by atoms with Crippen molar-refractivity contribution in [1.29, 1.82) is 0 Å². The first-order valence-corrected chi connectivity index (χ1v) is 15.0. The molecular formula is C32H39BrFN3O3. The molecule has 0 saturated heterocycles. The van der Waals surface area contributed by atoms with E-state index in [2.05, 4.69) is 20.5 Å². The van der Waals surface area contributed by atoms with Crippen molar-refractivity contribution < 1.29 is 18.7 Å². The molecule has 4 rings (SSSR count). The van der Waals surface area contributed by atoms with E-state index in [1.807, 2.05) is 42.3 Å². The third-order valence-corrected chi connectivity index (χ3v) is 7.96. The molecule has 2 amide bonds. The molecule has 6 nitrogen and oxygen atoms in total. The molecule has 1 aromatic heterocycles. The molecule has 1 fully saturated rings. The Labute approximate surface area is 245 Å². The van der Waals surface area contributed by atoms with Crippen LogP contribution >= 0.6 is 15.9 Å². The van der Waals surface area contributed by atoms with Crippen LogP contribution in [-0.2, 0) is 22.6 Å². The first kappa shape index (κ1) is 30.0. The van der Waals surface area contributed by atoms with Crippen molar-refractivity contribution in [3.05, 3.63) is 94.0 Å². The molecule has 1 heterocycles. The second-order valence-corrected chi connectivity index (χ2v) is 11.3. The van der Waals surface area contributed by atoms with Crippen LogP contribution in [-0.4, -0.2) is 58.5 Å². The second kappa shape index (κ2) is 15.1. The number of carbonyl (C=O) groups excluding carboxylic acids is 2. The smallest absolute Gasteiger partial charge is 0.254 e. The second-order valence-electron chi connectivity index (χ2n) is 10.4. The van der Waals surface area contributed by atoms with Crippen molar-refractivity contribution in [3.63, 3.8) is 0 Å². The van der Waals surface area contributed by atoms with Crippen LogP contribution in [0.5, 0.6) is 0 Å². The van der Waals surface area contributed by atoms with Gasteiger partial charge in [0.1, 0.15) is 12.4 Å². The van der Waals surface area contributed by atoms with E-state index in [0.717, 1.165) is 41.4 Å². The Kier molecular flexibility index (Phi) is 11.4. The number of carbonyl (C=O) groups is 2. The minimum absolute atomic E-state index is 0.0205. The van der Waals surface area contributed by atoms with E-state index in [9.17, 15) is 14.0 Å². The molecule has 1 aliphatic rings. The van der Waals surface area contributed by atoms with E-state index < -0.39 is 0 Å². The van der Waals surface area contributed by atoms with Crippen molar-refractivity contribution in [3.8, 4) is 0 Å². The summed E-state index contributed by atoms with van der Waals surface area (Å²) in [5.74, 6) is -0.454. The molecule has 8 heteroatoms. The highest BCUT2D eigenvalue weighted by Crippen LogP contribution is 2.25. The zero-order valence-corrected chi connectivity index (χ0v) is 24.8. The van der Waals surface area contributed by atoms with Gasteiger partial charge < -0.3 is 19.1 Å². The fourth-order valence-corrected chi connectivity index (χ4v) is 5.73. The van der Waals surface area contributed by atoms with E-state index in [0.29, 0.717) is 44.8 Å². The summed E-state index contributed by atoms with van der Waals surface area (Å²) in [7, 11) is 0. The molecule has 0 spiro atoms. The molecule has 1 aliphatic carbocycles. The number of hydrogen-bond donors (Lipinski definition) is 0. The minimum Gasteiger partial charge on any atom is -0.382 e.